The quantitative estimate of drug-likeness (QED) is 0.754. The van der Waals surface area contributed by atoms with Crippen LogP contribution in [0.5, 0.6) is 0 Å². The summed E-state index contributed by atoms with van der Waals surface area (Å²) >= 11 is 7.02. The molecule has 7 nitrogen and oxygen atoms in total. The van der Waals surface area contributed by atoms with Crippen LogP contribution in [-0.4, -0.2) is 28.9 Å². The molecule has 0 saturated carbocycles. The minimum absolute atomic E-state index is 0.256. The number of hydrogen-bond acceptors (Lipinski definition) is 6. The summed E-state index contributed by atoms with van der Waals surface area (Å²) in [5, 5.41) is 6.01. The fourth-order valence-corrected chi connectivity index (χ4v) is 3.28. The summed E-state index contributed by atoms with van der Waals surface area (Å²) in [7, 11) is 0. The third-order valence-corrected chi connectivity index (χ3v) is 4.86. The summed E-state index contributed by atoms with van der Waals surface area (Å²) in [6.07, 6.45) is 0.343. The van der Waals surface area contributed by atoms with Crippen molar-refractivity contribution in [2.24, 2.45) is 0 Å². The van der Waals surface area contributed by atoms with Gasteiger partial charge in [0.2, 0.25) is 5.91 Å². The lowest BCUT2D eigenvalue weighted by Gasteiger charge is -2.14. The van der Waals surface area contributed by atoms with Crippen molar-refractivity contribution in [3.8, 4) is 0 Å². The van der Waals surface area contributed by atoms with Crippen molar-refractivity contribution < 1.29 is 19.1 Å². The molecular formula is C17H18ClN3O4S. The Kier molecular flexibility index (Phi) is 6.33. The number of aryl methyl sites for hydroxylation is 1. The maximum atomic E-state index is 12.5. The molecule has 9 heteroatoms. The molecule has 0 aliphatic heterocycles. The van der Waals surface area contributed by atoms with Gasteiger partial charge >= 0.3 is 5.97 Å². The Morgan fingerprint density at radius 2 is 1.92 bits per heavy atom. The van der Waals surface area contributed by atoms with Crippen molar-refractivity contribution in [3.63, 3.8) is 0 Å². The fraction of sp³-hybridized carbons (Fsp3) is 0.294. The zero-order valence-electron chi connectivity index (χ0n) is 14.7. The van der Waals surface area contributed by atoms with E-state index in [-0.39, 0.29) is 11.5 Å². The van der Waals surface area contributed by atoms with E-state index in [0.29, 0.717) is 21.4 Å². The van der Waals surface area contributed by atoms with Crippen molar-refractivity contribution in [1.29, 1.82) is 0 Å². The van der Waals surface area contributed by atoms with Crippen LogP contribution < -0.4 is 10.6 Å². The van der Waals surface area contributed by atoms with Gasteiger partial charge in [-0.15, -0.1) is 11.3 Å². The molecule has 0 bridgehead atoms. The average molecular weight is 396 g/mol. The Balaban J connectivity index is 2.10. The Hall–Kier alpha value is -2.45. The first-order valence-electron chi connectivity index (χ1n) is 7.70. The summed E-state index contributed by atoms with van der Waals surface area (Å²) in [4.78, 5) is 40.9. The highest BCUT2D eigenvalue weighted by Gasteiger charge is 2.25. The first kappa shape index (κ1) is 19.9. The molecule has 0 aliphatic carbocycles. The number of carbonyl (C=O) groups is 3. The molecule has 0 aromatic carbocycles. The monoisotopic (exact) mass is 395 g/mol. The number of esters is 1. The molecule has 2 amide bonds. The van der Waals surface area contributed by atoms with Crippen LogP contribution >= 0.6 is 22.9 Å². The molecule has 138 valence electrons. The van der Waals surface area contributed by atoms with Crippen molar-refractivity contribution in [3.05, 3.63) is 39.4 Å². The van der Waals surface area contributed by atoms with Gasteiger partial charge in [-0.25, -0.2) is 9.78 Å². The predicted molar refractivity (Wildman–Crippen MR) is 101 cm³/mol. The fourth-order valence-electron chi connectivity index (χ4n) is 2.07. The number of anilines is 2. The smallest absolute Gasteiger partial charge is 0.342 e. The molecule has 2 rings (SSSR count). The van der Waals surface area contributed by atoms with E-state index in [2.05, 4.69) is 15.6 Å². The zero-order chi connectivity index (χ0) is 19.4. The molecule has 0 saturated heterocycles. The number of rotatable bonds is 5. The van der Waals surface area contributed by atoms with E-state index in [1.165, 1.54) is 37.4 Å². The van der Waals surface area contributed by atoms with Gasteiger partial charge in [0, 0.05) is 18.0 Å². The number of ether oxygens (including phenoxy) is 1. The highest BCUT2D eigenvalue weighted by molar-refractivity contribution is 7.16. The topological polar surface area (TPSA) is 97.4 Å². The van der Waals surface area contributed by atoms with Crippen LogP contribution in [0.3, 0.4) is 0 Å². The molecule has 0 fully saturated rings. The van der Waals surface area contributed by atoms with Crippen LogP contribution in [-0.2, 0) is 14.3 Å². The van der Waals surface area contributed by atoms with E-state index >= 15 is 0 Å². The van der Waals surface area contributed by atoms with Crippen molar-refractivity contribution in [2.45, 2.75) is 33.8 Å². The third kappa shape index (κ3) is 4.80. The average Bonchev–Trinajstić information content (AvgIpc) is 2.82. The van der Waals surface area contributed by atoms with E-state index in [1.54, 1.807) is 13.0 Å². The summed E-state index contributed by atoms with van der Waals surface area (Å²) in [5.74, 6) is -1.20. The van der Waals surface area contributed by atoms with Crippen LogP contribution in [0, 0.1) is 13.8 Å². The maximum absolute atomic E-state index is 12.5. The standard InChI is InChI=1S/C17H18ClN3O4S/c1-8-10(3)26-16(20-11(4)22)14(8)17(24)25-9(2)15(23)21-13-6-5-12(18)7-19-13/h5-7,9H,1-4H3,(H,20,22)(H,19,21,23)/t9-/m0/s1. The number of pyridine rings is 1. The van der Waals surface area contributed by atoms with Gasteiger partial charge in [-0.05, 0) is 38.5 Å². The summed E-state index contributed by atoms with van der Waals surface area (Å²) in [5.41, 5.74) is 0.961. The Morgan fingerprint density at radius 3 is 2.50 bits per heavy atom. The lowest BCUT2D eigenvalue weighted by Crippen LogP contribution is -2.30. The summed E-state index contributed by atoms with van der Waals surface area (Å²) < 4.78 is 5.26. The number of nitrogens with zero attached hydrogens (tertiary/aromatic N) is 1. The second-order valence-corrected chi connectivity index (χ2v) is 7.23. The van der Waals surface area contributed by atoms with Gasteiger partial charge in [-0.2, -0.15) is 0 Å². The Bertz CT molecular complexity index is 848. The molecule has 0 aliphatic rings. The van der Waals surface area contributed by atoms with Gasteiger partial charge in [0.1, 0.15) is 10.8 Å². The van der Waals surface area contributed by atoms with E-state index in [9.17, 15) is 14.4 Å². The van der Waals surface area contributed by atoms with Gasteiger partial charge in [-0.3, -0.25) is 9.59 Å². The number of halogens is 1. The molecular weight excluding hydrogens is 378 g/mol. The molecule has 2 aromatic rings. The normalized spacial score (nSPS) is 11.6. The van der Waals surface area contributed by atoms with Crippen molar-refractivity contribution in [2.75, 3.05) is 10.6 Å². The number of thiophene rings is 1. The highest BCUT2D eigenvalue weighted by Crippen LogP contribution is 2.33. The Labute approximate surface area is 159 Å². The highest BCUT2D eigenvalue weighted by atomic mass is 35.5. The van der Waals surface area contributed by atoms with E-state index in [0.717, 1.165) is 4.88 Å². The molecule has 2 heterocycles. The van der Waals surface area contributed by atoms with Crippen LogP contribution in [0.25, 0.3) is 0 Å². The second kappa shape index (κ2) is 8.29. The molecule has 2 aromatic heterocycles. The number of carbonyl (C=O) groups excluding carboxylic acids is 3. The van der Waals surface area contributed by atoms with Crippen LogP contribution in [0.2, 0.25) is 5.02 Å². The SMILES string of the molecule is CC(=O)Nc1sc(C)c(C)c1C(=O)O[C@@H](C)C(=O)Nc1ccc(Cl)cn1. The molecule has 2 N–H and O–H groups in total. The summed E-state index contributed by atoms with van der Waals surface area (Å²) in [6, 6.07) is 3.12. The van der Waals surface area contributed by atoms with E-state index in [1.807, 2.05) is 6.92 Å². The zero-order valence-corrected chi connectivity index (χ0v) is 16.2. The third-order valence-electron chi connectivity index (χ3n) is 3.51. The predicted octanol–water partition coefficient (Wildman–Crippen LogP) is 3.56. The van der Waals surface area contributed by atoms with Crippen molar-refractivity contribution in [1.82, 2.24) is 4.98 Å². The number of amides is 2. The minimum atomic E-state index is -1.05. The molecule has 0 spiro atoms. The van der Waals surface area contributed by atoms with Gasteiger partial charge in [0.25, 0.3) is 5.91 Å². The van der Waals surface area contributed by atoms with Crippen molar-refractivity contribution >= 4 is 51.5 Å². The molecule has 0 radical (unpaired) electrons. The van der Waals surface area contributed by atoms with Crippen LogP contribution in [0.15, 0.2) is 18.3 Å². The molecule has 26 heavy (non-hydrogen) atoms. The van der Waals surface area contributed by atoms with Crippen LogP contribution in [0.4, 0.5) is 10.8 Å². The van der Waals surface area contributed by atoms with Gasteiger partial charge in [-0.1, -0.05) is 11.6 Å². The largest absolute Gasteiger partial charge is 0.449 e. The first-order valence-corrected chi connectivity index (χ1v) is 8.89. The number of nitrogens with one attached hydrogen (secondary N) is 2. The second-order valence-electron chi connectivity index (χ2n) is 5.57. The minimum Gasteiger partial charge on any atom is -0.449 e. The van der Waals surface area contributed by atoms with E-state index < -0.39 is 18.0 Å². The lowest BCUT2D eigenvalue weighted by molar-refractivity contribution is -0.123. The van der Waals surface area contributed by atoms with Gasteiger partial charge in [0.05, 0.1) is 10.6 Å². The van der Waals surface area contributed by atoms with Gasteiger partial charge < -0.3 is 15.4 Å². The number of hydrogen-bond donors (Lipinski definition) is 2. The lowest BCUT2D eigenvalue weighted by atomic mass is 10.1. The van der Waals surface area contributed by atoms with Gasteiger partial charge in [0.15, 0.2) is 6.10 Å². The summed E-state index contributed by atoms with van der Waals surface area (Å²) in [6.45, 7) is 6.41. The van der Waals surface area contributed by atoms with Crippen LogP contribution in [0.1, 0.15) is 34.6 Å². The van der Waals surface area contributed by atoms with E-state index in [4.69, 9.17) is 16.3 Å². The Morgan fingerprint density at radius 1 is 1.23 bits per heavy atom. The number of aromatic nitrogens is 1. The maximum Gasteiger partial charge on any atom is 0.342 e. The molecule has 1 atom stereocenters. The first-order chi connectivity index (χ1) is 12.2. The molecule has 0 unspecified atom stereocenters.